The lowest BCUT2D eigenvalue weighted by Crippen LogP contribution is -2.14. The first-order valence-electron chi connectivity index (χ1n) is 7.13. The minimum Gasteiger partial charge on any atom is -0.354 e. The van der Waals surface area contributed by atoms with E-state index in [1.165, 1.54) is 24.4 Å². The molecule has 1 aliphatic carbocycles. The van der Waals surface area contributed by atoms with Crippen molar-refractivity contribution in [1.82, 2.24) is 4.98 Å². The third kappa shape index (κ3) is 3.80. The van der Waals surface area contributed by atoms with E-state index in [9.17, 15) is 18.0 Å². The molecule has 23 heavy (non-hydrogen) atoms. The molecule has 0 saturated heterocycles. The summed E-state index contributed by atoms with van der Waals surface area (Å²) >= 11 is 0. The second-order valence-corrected chi connectivity index (χ2v) is 5.36. The molecule has 1 fully saturated rings. The van der Waals surface area contributed by atoms with E-state index in [4.69, 9.17) is 0 Å². The number of aromatic nitrogens is 1. The van der Waals surface area contributed by atoms with Gasteiger partial charge in [0, 0.05) is 5.92 Å². The van der Waals surface area contributed by atoms with E-state index < -0.39 is 11.7 Å². The number of anilines is 3. The Hall–Kier alpha value is -2.57. The van der Waals surface area contributed by atoms with Gasteiger partial charge in [0.15, 0.2) is 0 Å². The van der Waals surface area contributed by atoms with E-state index >= 15 is 0 Å². The van der Waals surface area contributed by atoms with Crippen LogP contribution in [0.4, 0.5) is 30.4 Å². The van der Waals surface area contributed by atoms with Gasteiger partial charge in [-0.05, 0) is 37.1 Å². The molecule has 0 spiro atoms. The Labute approximate surface area is 130 Å². The summed E-state index contributed by atoms with van der Waals surface area (Å²) < 4.78 is 38.8. The normalized spacial score (nSPS) is 14.4. The summed E-state index contributed by atoms with van der Waals surface area (Å²) in [6.45, 7) is 0. The van der Waals surface area contributed by atoms with Crippen molar-refractivity contribution in [3.63, 3.8) is 0 Å². The quantitative estimate of drug-likeness (QED) is 0.887. The van der Waals surface area contributed by atoms with Crippen LogP contribution in [0.15, 0.2) is 42.6 Å². The second-order valence-electron chi connectivity index (χ2n) is 5.36. The molecule has 1 aliphatic rings. The number of alkyl halides is 3. The molecule has 2 N–H and O–H groups in total. The van der Waals surface area contributed by atoms with E-state index in [1.807, 2.05) is 0 Å². The van der Waals surface area contributed by atoms with Crippen molar-refractivity contribution in [1.29, 1.82) is 0 Å². The Morgan fingerprint density at radius 1 is 1.13 bits per heavy atom. The summed E-state index contributed by atoms with van der Waals surface area (Å²) in [6, 6.07) is 8.35. The number of hydrogen-bond acceptors (Lipinski definition) is 3. The number of hydrogen-bond donors (Lipinski definition) is 2. The van der Waals surface area contributed by atoms with Gasteiger partial charge in [-0.3, -0.25) is 4.79 Å². The minimum atomic E-state index is -4.44. The lowest BCUT2D eigenvalue weighted by atomic mass is 10.1. The zero-order chi connectivity index (χ0) is 16.4. The van der Waals surface area contributed by atoms with Gasteiger partial charge in [0.1, 0.15) is 5.82 Å². The highest BCUT2D eigenvalue weighted by Gasteiger charge is 2.33. The molecule has 0 bridgehead atoms. The lowest BCUT2D eigenvalue weighted by Gasteiger charge is -2.14. The number of carbonyl (C=O) groups is 1. The zero-order valence-electron chi connectivity index (χ0n) is 12.0. The predicted molar refractivity (Wildman–Crippen MR) is 80.3 cm³/mol. The van der Waals surface area contributed by atoms with Gasteiger partial charge in [0.05, 0.1) is 23.1 Å². The molecular formula is C16H14F3N3O. The molecule has 0 unspecified atom stereocenters. The SMILES string of the molecule is O=C(Nc1ccc(Nc2ccccc2C(F)(F)F)cn1)C1CC1. The van der Waals surface area contributed by atoms with Gasteiger partial charge >= 0.3 is 6.18 Å². The number of nitrogens with one attached hydrogen (secondary N) is 2. The van der Waals surface area contributed by atoms with E-state index in [2.05, 4.69) is 15.6 Å². The van der Waals surface area contributed by atoms with Gasteiger partial charge in [0.25, 0.3) is 0 Å². The Kier molecular flexibility index (Phi) is 3.94. The summed E-state index contributed by atoms with van der Waals surface area (Å²) in [7, 11) is 0. The topological polar surface area (TPSA) is 54.0 Å². The molecule has 1 saturated carbocycles. The zero-order valence-corrected chi connectivity index (χ0v) is 12.0. The van der Waals surface area contributed by atoms with E-state index in [-0.39, 0.29) is 17.5 Å². The van der Waals surface area contributed by atoms with Gasteiger partial charge in [-0.1, -0.05) is 12.1 Å². The van der Waals surface area contributed by atoms with Gasteiger partial charge in [0.2, 0.25) is 5.91 Å². The Morgan fingerprint density at radius 3 is 2.48 bits per heavy atom. The summed E-state index contributed by atoms with van der Waals surface area (Å²) in [6.07, 6.45) is -1.27. The molecule has 0 aliphatic heterocycles. The number of rotatable bonds is 4. The van der Waals surface area contributed by atoms with Crippen molar-refractivity contribution in [2.75, 3.05) is 10.6 Å². The van der Waals surface area contributed by atoms with Gasteiger partial charge in [-0.15, -0.1) is 0 Å². The molecule has 2 aromatic rings. The van der Waals surface area contributed by atoms with E-state index in [0.29, 0.717) is 11.5 Å². The summed E-state index contributed by atoms with van der Waals surface area (Å²) in [5.41, 5.74) is -0.381. The Morgan fingerprint density at radius 2 is 1.87 bits per heavy atom. The van der Waals surface area contributed by atoms with Crippen LogP contribution in [-0.2, 0) is 11.0 Å². The molecule has 7 heteroatoms. The molecule has 3 rings (SSSR count). The molecule has 0 atom stereocenters. The van der Waals surface area contributed by atoms with Crippen LogP contribution in [0, 0.1) is 5.92 Å². The van der Waals surface area contributed by atoms with Crippen LogP contribution in [0.3, 0.4) is 0 Å². The van der Waals surface area contributed by atoms with Crippen molar-refractivity contribution in [3.8, 4) is 0 Å². The van der Waals surface area contributed by atoms with Crippen LogP contribution in [0.5, 0.6) is 0 Å². The Bertz CT molecular complexity index is 709. The van der Waals surface area contributed by atoms with Crippen LogP contribution in [0.25, 0.3) is 0 Å². The average molecular weight is 321 g/mol. The van der Waals surface area contributed by atoms with E-state index in [0.717, 1.165) is 18.9 Å². The van der Waals surface area contributed by atoms with Gasteiger partial charge in [-0.25, -0.2) is 4.98 Å². The number of carbonyl (C=O) groups excluding carboxylic acids is 1. The van der Waals surface area contributed by atoms with Crippen LogP contribution in [0.2, 0.25) is 0 Å². The van der Waals surface area contributed by atoms with Crippen molar-refractivity contribution in [2.45, 2.75) is 19.0 Å². The molecular weight excluding hydrogens is 307 g/mol. The predicted octanol–water partition coefficient (Wildman–Crippen LogP) is 4.19. The van der Waals surface area contributed by atoms with Gasteiger partial charge in [-0.2, -0.15) is 13.2 Å². The smallest absolute Gasteiger partial charge is 0.354 e. The average Bonchev–Trinajstić information content (AvgIpc) is 3.33. The summed E-state index contributed by atoms with van der Waals surface area (Å²) in [4.78, 5) is 15.7. The lowest BCUT2D eigenvalue weighted by molar-refractivity contribution is -0.136. The molecule has 1 aromatic heterocycles. The maximum atomic E-state index is 12.9. The largest absolute Gasteiger partial charge is 0.418 e. The maximum Gasteiger partial charge on any atom is 0.418 e. The first-order valence-corrected chi connectivity index (χ1v) is 7.13. The number of para-hydroxylation sites is 1. The minimum absolute atomic E-state index is 0.0448. The fourth-order valence-electron chi connectivity index (χ4n) is 2.11. The highest BCUT2D eigenvalue weighted by Crippen LogP contribution is 2.35. The molecule has 4 nitrogen and oxygen atoms in total. The number of pyridine rings is 1. The molecule has 1 aromatic carbocycles. The maximum absolute atomic E-state index is 12.9. The van der Waals surface area contributed by atoms with Crippen LogP contribution in [-0.4, -0.2) is 10.9 Å². The van der Waals surface area contributed by atoms with Crippen LogP contribution < -0.4 is 10.6 Å². The highest BCUT2D eigenvalue weighted by molar-refractivity contribution is 5.93. The monoisotopic (exact) mass is 321 g/mol. The van der Waals surface area contributed by atoms with Crippen molar-refractivity contribution in [3.05, 3.63) is 48.2 Å². The van der Waals surface area contributed by atoms with Crippen molar-refractivity contribution in [2.24, 2.45) is 5.92 Å². The standard InChI is InChI=1S/C16H14F3N3O/c17-16(18,19)12-3-1-2-4-13(12)21-11-7-8-14(20-9-11)22-15(23)10-5-6-10/h1-4,7-10,21H,5-6H2,(H,20,22,23). The summed E-state index contributed by atoms with van der Waals surface area (Å²) in [5, 5.41) is 5.37. The summed E-state index contributed by atoms with van der Waals surface area (Å²) in [5.74, 6) is 0.380. The second kappa shape index (κ2) is 5.91. The fourth-order valence-corrected chi connectivity index (χ4v) is 2.11. The molecule has 120 valence electrons. The first kappa shape index (κ1) is 15.3. The van der Waals surface area contributed by atoms with Gasteiger partial charge < -0.3 is 10.6 Å². The number of halogens is 3. The fraction of sp³-hybridized carbons (Fsp3) is 0.250. The molecule has 1 amide bonds. The van der Waals surface area contributed by atoms with Crippen molar-refractivity contribution >= 4 is 23.1 Å². The highest BCUT2D eigenvalue weighted by atomic mass is 19.4. The third-order valence-electron chi connectivity index (χ3n) is 3.47. The molecule has 0 radical (unpaired) electrons. The van der Waals surface area contributed by atoms with E-state index in [1.54, 1.807) is 12.1 Å². The number of amides is 1. The third-order valence-corrected chi connectivity index (χ3v) is 3.47. The van der Waals surface area contributed by atoms with Crippen molar-refractivity contribution < 1.29 is 18.0 Å². The number of nitrogens with zero attached hydrogens (tertiary/aromatic N) is 1. The molecule has 1 heterocycles. The Balaban J connectivity index is 1.72. The van der Waals surface area contributed by atoms with Crippen LogP contribution in [0.1, 0.15) is 18.4 Å². The number of benzene rings is 1. The van der Waals surface area contributed by atoms with Crippen LogP contribution >= 0.6 is 0 Å². The first-order chi connectivity index (χ1) is 10.9.